The van der Waals surface area contributed by atoms with Crippen molar-refractivity contribution < 1.29 is 4.79 Å². The van der Waals surface area contributed by atoms with Crippen molar-refractivity contribution in [2.24, 2.45) is 11.8 Å². The Hall–Kier alpha value is -2.21. The second kappa shape index (κ2) is 5.21. The normalized spacial score (nSPS) is 23.8. The molecule has 2 atom stereocenters. The zero-order valence-corrected chi connectivity index (χ0v) is 12.6. The van der Waals surface area contributed by atoms with E-state index in [-0.39, 0.29) is 5.91 Å². The highest BCUT2D eigenvalue weighted by atomic mass is 16.2. The highest BCUT2D eigenvalue weighted by Gasteiger charge is 2.38. The van der Waals surface area contributed by atoms with E-state index in [0.717, 1.165) is 31.9 Å². The highest BCUT2D eigenvalue weighted by molar-refractivity contribution is 5.92. The second-order valence-corrected chi connectivity index (χ2v) is 6.27. The molecule has 0 saturated carbocycles. The summed E-state index contributed by atoms with van der Waals surface area (Å²) in [7, 11) is 0. The van der Waals surface area contributed by atoms with Crippen LogP contribution < -0.4 is 5.32 Å². The summed E-state index contributed by atoms with van der Waals surface area (Å²) in [6, 6.07) is 7.99. The first-order valence-corrected chi connectivity index (χ1v) is 7.70. The molecule has 4 rings (SSSR count). The van der Waals surface area contributed by atoms with Gasteiger partial charge in [-0.3, -0.25) is 4.79 Å². The van der Waals surface area contributed by atoms with Gasteiger partial charge in [0.2, 0.25) is 0 Å². The summed E-state index contributed by atoms with van der Waals surface area (Å²) in [6.45, 7) is 5.73. The standard InChI is InChI=1S/C16H19N5O/c1-11-2-4-14(5-3-11)21-10-15(18-19-21)16(22)20-8-12-6-17-7-13(12)9-20/h2-5,10,12-13,17H,6-9H2,1H3/t12-,13+. The summed E-state index contributed by atoms with van der Waals surface area (Å²) >= 11 is 0. The quantitative estimate of drug-likeness (QED) is 0.893. The fraction of sp³-hybridized carbons (Fsp3) is 0.438. The summed E-state index contributed by atoms with van der Waals surface area (Å²) in [5.74, 6) is 1.18. The molecule has 2 aromatic rings. The molecule has 0 spiro atoms. The molecule has 1 aromatic carbocycles. The lowest BCUT2D eigenvalue weighted by Gasteiger charge is -2.15. The summed E-state index contributed by atoms with van der Waals surface area (Å²) in [5.41, 5.74) is 2.53. The Bertz CT molecular complexity index is 681. The molecule has 0 radical (unpaired) electrons. The van der Waals surface area contributed by atoms with Crippen LogP contribution in [-0.2, 0) is 0 Å². The Labute approximate surface area is 129 Å². The van der Waals surface area contributed by atoms with Gasteiger partial charge in [-0.15, -0.1) is 5.10 Å². The van der Waals surface area contributed by atoms with Crippen molar-refractivity contribution in [1.29, 1.82) is 0 Å². The molecule has 2 aliphatic rings. The number of likely N-dealkylation sites (tertiary alicyclic amines) is 1. The lowest BCUT2D eigenvalue weighted by molar-refractivity contribution is 0.0776. The van der Waals surface area contributed by atoms with Crippen LogP contribution in [0.25, 0.3) is 5.69 Å². The van der Waals surface area contributed by atoms with Gasteiger partial charge in [-0.25, -0.2) is 4.68 Å². The van der Waals surface area contributed by atoms with E-state index in [1.165, 1.54) is 5.56 Å². The van der Waals surface area contributed by atoms with E-state index in [0.29, 0.717) is 17.5 Å². The minimum atomic E-state index is -0.00670. The van der Waals surface area contributed by atoms with Crippen LogP contribution in [0.3, 0.4) is 0 Å². The van der Waals surface area contributed by atoms with Crippen LogP contribution in [0.15, 0.2) is 30.5 Å². The number of carbonyl (C=O) groups is 1. The van der Waals surface area contributed by atoms with Crippen molar-refractivity contribution in [3.63, 3.8) is 0 Å². The van der Waals surface area contributed by atoms with Gasteiger partial charge < -0.3 is 10.2 Å². The predicted octanol–water partition coefficient (Wildman–Crippen LogP) is 0.867. The average Bonchev–Trinajstić information content (AvgIpc) is 3.22. The first-order chi connectivity index (χ1) is 10.7. The largest absolute Gasteiger partial charge is 0.337 e. The molecule has 3 heterocycles. The molecule has 0 aliphatic carbocycles. The lowest BCUT2D eigenvalue weighted by atomic mass is 10.0. The molecule has 22 heavy (non-hydrogen) atoms. The number of aromatic nitrogens is 3. The lowest BCUT2D eigenvalue weighted by Crippen LogP contribution is -2.32. The van der Waals surface area contributed by atoms with Crippen LogP contribution in [0.2, 0.25) is 0 Å². The number of rotatable bonds is 2. The second-order valence-electron chi connectivity index (χ2n) is 6.27. The van der Waals surface area contributed by atoms with E-state index in [1.54, 1.807) is 10.9 Å². The summed E-state index contributed by atoms with van der Waals surface area (Å²) in [5, 5.41) is 11.5. The van der Waals surface area contributed by atoms with Gasteiger partial charge in [-0.1, -0.05) is 22.9 Å². The number of amides is 1. The summed E-state index contributed by atoms with van der Waals surface area (Å²) < 4.78 is 1.66. The molecule has 2 fully saturated rings. The fourth-order valence-corrected chi connectivity index (χ4v) is 3.37. The van der Waals surface area contributed by atoms with Crippen molar-refractivity contribution in [3.05, 3.63) is 41.7 Å². The first-order valence-electron chi connectivity index (χ1n) is 7.70. The van der Waals surface area contributed by atoms with Crippen LogP contribution >= 0.6 is 0 Å². The minimum absolute atomic E-state index is 0.00670. The highest BCUT2D eigenvalue weighted by Crippen LogP contribution is 2.27. The molecular formula is C16H19N5O. The first kappa shape index (κ1) is 13.5. The number of benzene rings is 1. The third kappa shape index (κ3) is 2.29. The Morgan fingerprint density at radius 2 is 1.86 bits per heavy atom. The topological polar surface area (TPSA) is 63.1 Å². The van der Waals surface area contributed by atoms with Gasteiger partial charge in [-0.2, -0.15) is 0 Å². The van der Waals surface area contributed by atoms with Crippen LogP contribution in [0.1, 0.15) is 16.1 Å². The van der Waals surface area contributed by atoms with Gasteiger partial charge >= 0.3 is 0 Å². The maximum Gasteiger partial charge on any atom is 0.276 e. The van der Waals surface area contributed by atoms with Gasteiger partial charge in [0.05, 0.1) is 11.9 Å². The van der Waals surface area contributed by atoms with E-state index in [9.17, 15) is 4.79 Å². The molecular weight excluding hydrogens is 278 g/mol. The van der Waals surface area contributed by atoms with Gasteiger partial charge in [0, 0.05) is 26.2 Å². The van der Waals surface area contributed by atoms with E-state index in [2.05, 4.69) is 15.6 Å². The number of nitrogens with zero attached hydrogens (tertiary/aromatic N) is 4. The number of hydrogen-bond acceptors (Lipinski definition) is 4. The Balaban J connectivity index is 1.51. The summed E-state index contributed by atoms with van der Waals surface area (Å²) in [4.78, 5) is 14.5. The van der Waals surface area contributed by atoms with Crippen molar-refractivity contribution in [2.45, 2.75) is 6.92 Å². The number of fused-ring (bicyclic) bond motifs is 1. The minimum Gasteiger partial charge on any atom is -0.337 e. The van der Waals surface area contributed by atoms with Crippen molar-refractivity contribution in [3.8, 4) is 5.69 Å². The van der Waals surface area contributed by atoms with Crippen molar-refractivity contribution >= 4 is 5.91 Å². The maximum atomic E-state index is 12.6. The zero-order chi connectivity index (χ0) is 15.1. The van der Waals surface area contributed by atoms with Crippen LogP contribution in [0.5, 0.6) is 0 Å². The van der Waals surface area contributed by atoms with Crippen molar-refractivity contribution in [1.82, 2.24) is 25.2 Å². The number of carbonyl (C=O) groups excluding carboxylic acids is 1. The SMILES string of the molecule is Cc1ccc(-n2cc(C(=O)N3C[C@H]4CNC[C@H]4C3)nn2)cc1. The van der Waals surface area contributed by atoms with Crippen LogP contribution in [0.4, 0.5) is 0 Å². The third-order valence-electron chi connectivity index (χ3n) is 4.69. The monoisotopic (exact) mass is 297 g/mol. The molecule has 6 nitrogen and oxygen atoms in total. The molecule has 2 saturated heterocycles. The number of hydrogen-bond donors (Lipinski definition) is 1. The molecule has 114 valence electrons. The Morgan fingerprint density at radius 3 is 2.55 bits per heavy atom. The average molecular weight is 297 g/mol. The zero-order valence-electron chi connectivity index (χ0n) is 12.6. The molecule has 2 aliphatic heterocycles. The molecule has 6 heteroatoms. The van der Waals surface area contributed by atoms with Crippen LogP contribution in [-0.4, -0.2) is 52.0 Å². The van der Waals surface area contributed by atoms with E-state index in [1.807, 2.05) is 36.1 Å². The molecule has 0 bridgehead atoms. The molecule has 1 aromatic heterocycles. The Kier molecular flexibility index (Phi) is 3.18. The number of aryl methyl sites for hydroxylation is 1. The molecule has 1 amide bonds. The number of nitrogens with one attached hydrogen (secondary N) is 1. The van der Waals surface area contributed by atoms with Crippen molar-refractivity contribution in [2.75, 3.05) is 26.2 Å². The molecule has 1 N–H and O–H groups in total. The molecule has 0 unspecified atom stereocenters. The predicted molar refractivity (Wildman–Crippen MR) is 81.8 cm³/mol. The third-order valence-corrected chi connectivity index (χ3v) is 4.69. The summed E-state index contributed by atoms with van der Waals surface area (Å²) in [6.07, 6.45) is 1.72. The van der Waals surface area contributed by atoms with E-state index in [4.69, 9.17) is 0 Å². The van der Waals surface area contributed by atoms with Gasteiger partial charge in [-0.05, 0) is 30.9 Å². The van der Waals surface area contributed by atoms with Gasteiger partial charge in [0.25, 0.3) is 5.91 Å². The smallest absolute Gasteiger partial charge is 0.276 e. The van der Waals surface area contributed by atoms with Gasteiger partial charge in [0.1, 0.15) is 0 Å². The maximum absolute atomic E-state index is 12.6. The van der Waals surface area contributed by atoms with E-state index < -0.39 is 0 Å². The Morgan fingerprint density at radius 1 is 1.18 bits per heavy atom. The van der Waals surface area contributed by atoms with E-state index >= 15 is 0 Å². The fourth-order valence-electron chi connectivity index (χ4n) is 3.37. The van der Waals surface area contributed by atoms with Gasteiger partial charge in [0.15, 0.2) is 5.69 Å². The van der Waals surface area contributed by atoms with Crippen LogP contribution in [0, 0.1) is 18.8 Å².